The molecule has 0 saturated carbocycles. The van der Waals surface area contributed by atoms with Crippen LogP contribution in [0.4, 0.5) is 14.6 Å². The monoisotopic (exact) mass is 634 g/mol. The molecule has 0 radical (unpaired) electrons. The average Bonchev–Trinajstić information content (AvgIpc) is 3.01. The van der Waals surface area contributed by atoms with Crippen LogP contribution in [-0.4, -0.2) is 56.0 Å². The number of benzene rings is 2. The summed E-state index contributed by atoms with van der Waals surface area (Å²) in [6.45, 7) is 14.5. The van der Waals surface area contributed by atoms with Crippen LogP contribution in [-0.2, 0) is 11.4 Å². The number of anilines is 1. The van der Waals surface area contributed by atoms with Gasteiger partial charge in [-0.1, -0.05) is 51.9 Å². The molecule has 0 unspecified atom stereocenters. The average molecular weight is 635 g/mol. The van der Waals surface area contributed by atoms with Gasteiger partial charge in [-0.25, -0.2) is 23.5 Å². The van der Waals surface area contributed by atoms with Gasteiger partial charge >= 0.3 is 5.69 Å². The van der Waals surface area contributed by atoms with Gasteiger partial charge in [0.1, 0.15) is 24.3 Å². The lowest BCUT2D eigenvalue weighted by atomic mass is 9.94. The van der Waals surface area contributed by atoms with Gasteiger partial charge in [0.25, 0.3) is 0 Å². The number of hydrogen-bond donors (Lipinski definition) is 0. The third-order valence-electron chi connectivity index (χ3n) is 8.45. The van der Waals surface area contributed by atoms with Gasteiger partial charge in [-0.15, -0.1) is 0 Å². The molecule has 9 nitrogen and oxygen atoms in total. The highest BCUT2D eigenvalue weighted by molar-refractivity contribution is 6.35. The molecule has 0 bridgehead atoms. The molecular weight excluding hydrogens is 602 g/mol. The molecule has 2 aliphatic heterocycles. The van der Waals surface area contributed by atoms with Crippen LogP contribution in [0.3, 0.4) is 0 Å². The predicted octanol–water partition coefficient (Wildman–Crippen LogP) is 6.14. The van der Waals surface area contributed by atoms with Crippen molar-refractivity contribution >= 4 is 34.2 Å². The van der Waals surface area contributed by atoms with E-state index in [4.69, 9.17) is 16.3 Å². The summed E-state index contributed by atoms with van der Waals surface area (Å²) in [5.41, 5.74) is 1.95. The van der Waals surface area contributed by atoms with Crippen molar-refractivity contribution < 1.29 is 18.3 Å². The van der Waals surface area contributed by atoms with E-state index in [-0.39, 0.29) is 52.3 Å². The van der Waals surface area contributed by atoms with E-state index in [0.717, 1.165) is 6.07 Å². The highest BCUT2D eigenvalue weighted by Gasteiger charge is 2.35. The lowest BCUT2D eigenvalue weighted by molar-refractivity contribution is -0.126. The Labute approximate surface area is 264 Å². The van der Waals surface area contributed by atoms with Crippen molar-refractivity contribution in [2.75, 3.05) is 24.5 Å². The summed E-state index contributed by atoms with van der Waals surface area (Å²) in [5.74, 6) is -1.98. The molecule has 0 N–H and O–H groups in total. The Morgan fingerprint density at radius 1 is 1.11 bits per heavy atom. The fourth-order valence-electron chi connectivity index (χ4n) is 6.32. The standard InChI is InChI=1S/C33H33ClF2N6O3/c1-7-23(43)40-10-11-41(18(6)13-40)32-20-12-21(34)25-24-19(8-9-22(35)26(24)36)14-45-31(25)29(20)42(33(44)39-32)30-27(16(2)3)37-15-38-28(30)17(4)5/h7-9,12,15-18H,1,10-11,13-14H2,2-6H3/t18-/m0/s1. The molecule has 1 atom stereocenters. The lowest BCUT2D eigenvalue weighted by Gasteiger charge is -2.40. The molecular formula is C33H33ClF2N6O3. The molecule has 1 fully saturated rings. The van der Waals surface area contributed by atoms with Crippen LogP contribution < -0.4 is 15.3 Å². The molecule has 2 aliphatic rings. The van der Waals surface area contributed by atoms with Gasteiger partial charge in [-0.3, -0.25) is 9.36 Å². The van der Waals surface area contributed by atoms with Crippen LogP contribution in [0, 0.1) is 11.6 Å². The number of hydrogen-bond acceptors (Lipinski definition) is 7. The van der Waals surface area contributed by atoms with Gasteiger partial charge in [-0.2, -0.15) is 4.98 Å². The van der Waals surface area contributed by atoms with Crippen molar-refractivity contribution in [2.45, 2.75) is 59.1 Å². The van der Waals surface area contributed by atoms with Crippen LogP contribution in [0.25, 0.3) is 27.7 Å². The van der Waals surface area contributed by atoms with Crippen molar-refractivity contribution in [2.24, 2.45) is 0 Å². The van der Waals surface area contributed by atoms with Crippen LogP contribution >= 0.6 is 11.6 Å². The molecule has 6 rings (SSSR count). The van der Waals surface area contributed by atoms with Crippen LogP contribution in [0.5, 0.6) is 5.75 Å². The fraction of sp³-hybridized carbons (Fsp3) is 0.364. The molecule has 45 heavy (non-hydrogen) atoms. The van der Waals surface area contributed by atoms with Crippen molar-refractivity contribution in [1.29, 1.82) is 0 Å². The Bertz CT molecular complexity index is 1920. The Morgan fingerprint density at radius 2 is 1.80 bits per heavy atom. The minimum Gasteiger partial charge on any atom is -0.486 e. The third-order valence-corrected chi connectivity index (χ3v) is 8.75. The second-order valence-corrected chi connectivity index (χ2v) is 12.4. The number of aromatic nitrogens is 4. The minimum atomic E-state index is -1.05. The number of amides is 1. The van der Waals surface area contributed by atoms with Gasteiger partial charge in [0.2, 0.25) is 5.91 Å². The molecule has 234 valence electrons. The Kier molecular flexibility index (Phi) is 7.84. The van der Waals surface area contributed by atoms with Gasteiger partial charge in [0.15, 0.2) is 17.4 Å². The summed E-state index contributed by atoms with van der Waals surface area (Å²) in [5, 5.41) is 0.587. The summed E-state index contributed by atoms with van der Waals surface area (Å²) in [6, 6.07) is 3.92. The van der Waals surface area contributed by atoms with Gasteiger partial charge in [0.05, 0.1) is 22.1 Å². The predicted molar refractivity (Wildman–Crippen MR) is 169 cm³/mol. The van der Waals surface area contributed by atoms with E-state index in [1.54, 1.807) is 11.0 Å². The second kappa shape index (κ2) is 11.5. The zero-order chi connectivity index (χ0) is 32.3. The molecule has 2 aromatic carbocycles. The minimum absolute atomic E-state index is 0.0112. The summed E-state index contributed by atoms with van der Waals surface area (Å²) in [7, 11) is 0. The Hall–Kier alpha value is -4.38. The van der Waals surface area contributed by atoms with Crippen LogP contribution in [0.15, 0.2) is 42.0 Å². The smallest absolute Gasteiger partial charge is 0.354 e. The Morgan fingerprint density at radius 3 is 2.42 bits per heavy atom. The first kappa shape index (κ1) is 30.6. The summed E-state index contributed by atoms with van der Waals surface area (Å²) in [4.78, 5) is 44.1. The van der Waals surface area contributed by atoms with E-state index < -0.39 is 17.3 Å². The highest BCUT2D eigenvalue weighted by atomic mass is 35.5. The maximum atomic E-state index is 15.5. The third kappa shape index (κ3) is 4.93. The maximum Gasteiger partial charge on any atom is 0.354 e. The number of piperazine rings is 1. The molecule has 0 aliphatic carbocycles. The first-order chi connectivity index (χ1) is 21.4. The van der Waals surface area contributed by atoms with E-state index in [2.05, 4.69) is 21.5 Å². The highest BCUT2D eigenvalue weighted by Crippen LogP contribution is 2.50. The number of carbonyl (C=O) groups excluding carboxylic acids is 1. The molecule has 12 heteroatoms. The normalized spacial score (nSPS) is 16.2. The molecule has 0 spiro atoms. The Balaban J connectivity index is 1.73. The summed E-state index contributed by atoms with van der Waals surface area (Å²) >= 11 is 6.91. The van der Waals surface area contributed by atoms with Gasteiger partial charge in [0, 0.05) is 47.8 Å². The van der Waals surface area contributed by atoms with Gasteiger partial charge < -0.3 is 14.5 Å². The molecule has 1 amide bonds. The molecule has 4 heterocycles. The molecule has 4 aromatic rings. The number of ether oxygens (including phenoxy) is 1. The SMILES string of the molecule is C=CC(=O)N1CCN(c2nc(=O)n(-c3c(C(C)C)ncnc3C(C)C)c3c4c(c(Cl)cc23)-c2c(ccc(F)c2F)CO4)[C@@H](C)C1. The van der Waals surface area contributed by atoms with Crippen LogP contribution in [0.2, 0.25) is 5.02 Å². The molecule has 2 aromatic heterocycles. The quantitative estimate of drug-likeness (QED) is 0.244. The number of halogens is 3. The molecule has 1 saturated heterocycles. The fourth-order valence-corrected chi connectivity index (χ4v) is 6.61. The maximum absolute atomic E-state index is 15.5. The van der Waals surface area contributed by atoms with E-state index >= 15 is 4.39 Å². The summed E-state index contributed by atoms with van der Waals surface area (Å²) in [6.07, 6.45) is 2.76. The zero-order valence-electron chi connectivity index (χ0n) is 25.7. The first-order valence-electron chi connectivity index (χ1n) is 14.9. The number of carbonyl (C=O) groups is 1. The number of nitrogens with zero attached hydrogens (tertiary/aromatic N) is 6. The van der Waals surface area contributed by atoms with Crippen molar-refractivity contribution in [3.8, 4) is 22.6 Å². The van der Waals surface area contributed by atoms with Gasteiger partial charge in [-0.05, 0) is 37.0 Å². The topological polar surface area (TPSA) is 93.5 Å². The van der Waals surface area contributed by atoms with E-state index in [1.807, 2.05) is 39.5 Å². The van der Waals surface area contributed by atoms with Crippen LogP contribution in [0.1, 0.15) is 63.4 Å². The first-order valence-corrected chi connectivity index (χ1v) is 15.2. The summed E-state index contributed by atoms with van der Waals surface area (Å²) < 4.78 is 37.9. The van der Waals surface area contributed by atoms with E-state index in [1.165, 1.54) is 23.0 Å². The van der Waals surface area contributed by atoms with Crippen molar-refractivity contribution in [3.63, 3.8) is 0 Å². The number of rotatable bonds is 5. The largest absolute Gasteiger partial charge is 0.486 e. The number of fused-ring (bicyclic) bond motifs is 5. The van der Waals surface area contributed by atoms with Crippen molar-refractivity contribution in [1.82, 2.24) is 24.4 Å². The van der Waals surface area contributed by atoms with E-state index in [9.17, 15) is 14.0 Å². The second-order valence-electron chi connectivity index (χ2n) is 12.0. The van der Waals surface area contributed by atoms with Crippen molar-refractivity contribution in [3.05, 3.63) is 81.3 Å². The lowest BCUT2D eigenvalue weighted by Crippen LogP contribution is -2.54. The van der Waals surface area contributed by atoms with E-state index in [0.29, 0.717) is 59.0 Å². The zero-order valence-corrected chi connectivity index (χ0v) is 26.5.